The number of anilines is 1. The topological polar surface area (TPSA) is 48.3 Å². The third-order valence-corrected chi connectivity index (χ3v) is 5.38. The van der Waals surface area contributed by atoms with Crippen molar-refractivity contribution >= 4 is 5.82 Å². The second-order valence-electron chi connectivity index (χ2n) is 7.03. The molecule has 0 saturated heterocycles. The van der Waals surface area contributed by atoms with Gasteiger partial charge in [-0.15, -0.1) is 0 Å². The molecule has 1 N–H and O–H groups in total. The lowest BCUT2D eigenvalue weighted by molar-refractivity contribution is 0.356. The number of para-hydroxylation sites is 1. The maximum Gasteiger partial charge on any atom is 0.170 e. The minimum atomic E-state index is 0.720. The lowest BCUT2D eigenvalue weighted by Gasteiger charge is -2.12. The summed E-state index contributed by atoms with van der Waals surface area (Å²) < 4.78 is 13.2. The molecule has 0 radical (unpaired) electrons. The van der Waals surface area contributed by atoms with Crippen LogP contribution in [0.5, 0.6) is 11.5 Å². The Bertz CT molecular complexity index is 961. The van der Waals surface area contributed by atoms with E-state index in [4.69, 9.17) is 14.6 Å². The van der Waals surface area contributed by atoms with Crippen molar-refractivity contribution in [2.24, 2.45) is 0 Å². The summed E-state index contributed by atoms with van der Waals surface area (Å²) in [5.41, 5.74) is 5.55. The van der Waals surface area contributed by atoms with Gasteiger partial charge in [0.2, 0.25) is 0 Å². The van der Waals surface area contributed by atoms with Gasteiger partial charge in [0.05, 0.1) is 19.9 Å². The van der Waals surface area contributed by atoms with E-state index in [1.807, 2.05) is 16.8 Å². The number of aromatic nitrogens is 2. The number of ether oxygens (including phenoxy) is 2. The van der Waals surface area contributed by atoms with Crippen LogP contribution in [0.4, 0.5) is 5.82 Å². The fourth-order valence-electron chi connectivity index (χ4n) is 3.85. The molecule has 1 aliphatic heterocycles. The average molecular weight is 377 g/mol. The summed E-state index contributed by atoms with van der Waals surface area (Å²) in [4.78, 5) is 0. The van der Waals surface area contributed by atoms with Crippen molar-refractivity contribution in [2.75, 3.05) is 26.1 Å². The first-order chi connectivity index (χ1) is 13.8. The Morgan fingerprint density at radius 3 is 2.57 bits per heavy atom. The van der Waals surface area contributed by atoms with Gasteiger partial charge in [0.15, 0.2) is 11.5 Å². The van der Waals surface area contributed by atoms with Gasteiger partial charge < -0.3 is 14.8 Å². The zero-order valence-electron chi connectivity index (χ0n) is 16.8. The van der Waals surface area contributed by atoms with E-state index >= 15 is 0 Å². The molecular weight excluding hydrogens is 350 g/mol. The third-order valence-electron chi connectivity index (χ3n) is 5.38. The molecule has 0 amide bonds. The van der Waals surface area contributed by atoms with Gasteiger partial charge in [-0.25, -0.2) is 4.68 Å². The van der Waals surface area contributed by atoms with E-state index in [0.29, 0.717) is 0 Å². The van der Waals surface area contributed by atoms with Crippen molar-refractivity contribution in [3.05, 3.63) is 53.6 Å². The number of nitrogens with one attached hydrogen (secondary N) is 1. The molecule has 0 spiro atoms. The van der Waals surface area contributed by atoms with Crippen molar-refractivity contribution < 1.29 is 9.47 Å². The van der Waals surface area contributed by atoms with Crippen molar-refractivity contribution in [1.29, 1.82) is 0 Å². The standard InChI is InChI=1S/C23H27N3O2/c1-4-16-11-13-17(14-12-16)26-23-19(8-5-6-15-24-23)21(25-26)18-9-7-10-20(27-2)22(18)28-3/h7,9-14,24H,4-6,8,15H2,1-3H3. The number of rotatable bonds is 5. The first-order valence-corrected chi connectivity index (χ1v) is 9.93. The van der Waals surface area contributed by atoms with Gasteiger partial charge in [-0.2, -0.15) is 5.10 Å². The predicted molar refractivity (Wildman–Crippen MR) is 113 cm³/mol. The van der Waals surface area contributed by atoms with E-state index < -0.39 is 0 Å². The number of aryl methyl sites for hydroxylation is 1. The molecule has 3 aromatic rings. The Balaban J connectivity index is 1.90. The number of fused-ring (bicyclic) bond motifs is 1. The monoisotopic (exact) mass is 377 g/mol. The molecule has 1 aliphatic rings. The molecule has 0 fully saturated rings. The Hall–Kier alpha value is -2.95. The lowest BCUT2D eigenvalue weighted by Crippen LogP contribution is -2.07. The molecule has 0 saturated carbocycles. The normalized spacial score (nSPS) is 13.4. The molecule has 28 heavy (non-hydrogen) atoms. The molecule has 2 aromatic carbocycles. The molecular formula is C23H27N3O2. The Morgan fingerprint density at radius 2 is 1.86 bits per heavy atom. The Kier molecular flexibility index (Phi) is 5.24. The molecule has 1 aromatic heterocycles. The fraction of sp³-hybridized carbons (Fsp3) is 0.348. The fourth-order valence-corrected chi connectivity index (χ4v) is 3.85. The van der Waals surface area contributed by atoms with Gasteiger partial charge in [-0.3, -0.25) is 0 Å². The van der Waals surface area contributed by atoms with Crippen LogP contribution in [0.15, 0.2) is 42.5 Å². The van der Waals surface area contributed by atoms with Crippen LogP contribution in [0, 0.1) is 0 Å². The van der Waals surface area contributed by atoms with Crippen molar-refractivity contribution in [3.63, 3.8) is 0 Å². The van der Waals surface area contributed by atoms with Gasteiger partial charge in [0.1, 0.15) is 11.5 Å². The minimum Gasteiger partial charge on any atom is -0.493 e. The summed E-state index contributed by atoms with van der Waals surface area (Å²) in [5.74, 6) is 2.53. The van der Waals surface area contributed by atoms with E-state index in [1.54, 1.807) is 14.2 Å². The van der Waals surface area contributed by atoms with Crippen molar-refractivity contribution in [3.8, 4) is 28.4 Å². The molecule has 0 atom stereocenters. The quantitative estimate of drug-likeness (QED) is 0.689. The summed E-state index contributed by atoms with van der Waals surface area (Å²) in [7, 11) is 3.34. The van der Waals surface area contributed by atoms with E-state index in [1.165, 1.54) is 11.1 Å². The smallest absolute Gasteiger partial charge is 0.170 e. The summed E-state index contributed by atoms with van der Waals surface area (Å²) in [5, 5.41) is 8.64. The molecule has 2 heterocycles. The van der Waals surface area contributed by atoms with E-state index in [-0.39, 0.29) is 0 Å². The van der Waals surface area contributed by atoms with Gasteiger partial charge in [-0.1, -0.05) is 25.1 Å². The lowest BCUT2D eigenvalue weighted by atomic mass is 10.0. The maximum atomic E-state index is 5.69. The Labute approximate surface area is 166 Å². The predicted octanol–water partition coefficient (Wildman–Crippen LogP) is 4.87. The molecule has 146 valence electrons. The number of hydrogen-bond acceptors (Lipinski definition) is 4. The molecule has 0 unspecified atom stereocenters. The average Bonchev–Trinajstić information content (AvgIpc) is 2.93. The van der Waals surface area contributed by atoms with Crippen LogP contribution in [0.2, 0.25) is 0 Å². The number of methoxy groups -OCH3 is 2. The second-order valence-corrected chi connectivity index (χ2v) is 7.03. The highest BCUT2D eigenvalue weighted by Crippen LogP contribution is 2.42. The van der Waals surface area contributed by atoms with Crippen LogP contribution in [0.25, 0.3) is 16.9 Å². The van der Waals surface area contributed by atoms with Crippen molar-refractivity contribution in [1.82, 2.24) is 9.78 Å². The minimum absolute atomic E-state index is 0.720. The molecule has 4 rings (SSSR count). The first kappa shape index (κ1) is 18.4. The highest BCUT2D eigenvalue weighted by Gasteiger charge is 2.24. The highest BCUT2D eigenvalue weighted by atomic mass is 16.5. The van der Waals surface area contributed by atoms with Crippen molar-refractivity contribution in [2.45, 2.75) is 32.6 Å². The summed E-state index contributed by atoms with van der Waals surface area (Å²) in [6.07, 6.45) is 4.31. The summed E-state index contributed by atoms with van der Waals surface area (Å²) in [6, 6.07) is 14.6. The number of nitrogens with zero attached hydrogens (tertiary/aromatic N) is 2. The SMILES string of the molecule is CCc1ccc(-n2nc(-c3cccc(OC)c3OC)c3c2NCCCC3)cc1. The van der Waals surface area contributed by atoms with Crippen LogP contribution >= 0.6 is 0 Å². The van der Waals surface area contributed by atoms with E-state index in [0.717, 1.165) is 66.5 Å². The molecule has 0 aliphatic carbocycles. The molecule has 5 heteroatoms. The molecule has 5 nitrogen and oxygen atoms in total. The van der Waals surface area contributed by atoms with Crippen LogP contribution in [-0.4, -0.2) is 30.5 Å². The highest BCUT2D eigenvalue weighted by molar-refractivity contribution is 5.77. The number of hydrogen-bond donors (Lipinski definition) is 1. The maximum absolute atomic E-state index is 5.69. The number of benzene rings is 2. The van der Waals surface area contributed by atoms with Gasteiger partial charge in [0, 0.05) is 17.7 Å². The van der Waals surface area contributed by atoms with E-state index in [9.17, 15) is 0 Å². The summed E-state index contributed by atoms with van der Waals surface area (Å²) >= 11 is 0. The largest absolute Gasteiger partial charge is 0.493 e. The Morgan fingerprint density at radius 1 is 1.04 bits per heavy atom. The zero-order valence-corrected chi connectivity index (χ0v) is 16.8. The van der Waals surface area contributed by atoms with Gasteiger partial charge in [-0.05, 0) is 55.5 Å². The van der Waals surface area contributed by atoms with Gasteiger partial charge in [0.25, 0.3) is 0 Å². The van der Waals surface area contributed by atoms with Gasteiger partial charge >= 0.3 is 0 Å². The third kappa shape index (κ3) is 3.21. The van der Waals surface area contributed by atoms with E-state index in [2.05, 4.69) is 42.6 Å². The first-order valence-electron chi connectivity index (χ1n) is 9.93. The van der Waals surface area contributed by atoms with Crippen LogP contribution in [0.1, 0.15) is 30.9 Å². The molecule has 0 bridgehead atoms. The second kappa shape index (κ2) is 7.97. The van der Waals surface area contributed by atoms with Crippen LogP contribution < -0.4 is 14.8 Å². The summed E-state index contributed by atoms with van der Waals surface area (Å²) in [6.45, 7) is 3.13. The zero-order chi connectivity index (χ0) is 19.5. The van der Waals surface area contributed by atoms with Crippen LogP contribution in [0.3, 0.4) is 0 Å². The van der Waals surface area contributed by atoms with Crippen LogP contribution in [-0.2, 0) is 12.8 Å².